The van der Waals surface area contributed by atoms with Gasteiger partial charge in [-0.3, -0.25) is 19.8 Å². The molecule has 1 fully saturated rings. The Labute approximate surface area is 104 Å². The highest BCUT2D eigenvalue weighted by Gasteiger charge is 2.34. The largest absolute Gasteiger partial charge is 0.416 e. The molecule has 0 bridgehead atoms. The molecule has 0 radical (unpaired) electrons. The van der Waals surface area contributed by atoms with E-state index in [1.165, 1.54) is 6.92 Å². The van der Waals surface area contributed by atoms with Gasteiger partial charge in [0.05, 0.1) is 0 Å². The van der Waals surface area contributed by atoms with Gasteiger partial charge in [0.15, 0.2) is 0 Å². The highest BCUT2D eigenvalue weighted by atomic mass is 16.6. The minimum Gasteiger partial charge on any atom is -0.410 e. The first kappa shape index (κ1) is 12.1. The summed E-state index contributed by atoms with van der Waals surface area (Å²) < 4.78 is 5.08. The number of nitrogens with one attached hydrogen (secondary N) is 1. The van der Waals surface area contributed by atoms with Crippen LogP contribution in [0.5, 0.6) is 5.75 Å². The van der Waals surface area contributed by atoms with E-state index in [0.717, 1.165) is 4.90 Å². The summed E-state index contributed by atoms with van der Waals surface area (Å²) in [5.41, 5.74) is 0. The van der Waals surface area contributed by atoms with Crippen LogP contribution in [-0.4, -0.2) is 35.4 Å². The van der Waals surface area contributed by atoms with Gasteiger partial charge in [0.1, 0.15) is 18.3 Å². The van der Waals surface area contributed by atoms with Crippen LogP contribution in [0, 0.1) is 0 Å². The smallest absolute Gasteiger partial charge is 0.410 e. The Balaban J connectivity index is 2.08. The zero-order chi connectivity index (χ0) is 13.1. The summed E-state index contributed by atoms with van der Waals surface area (Å²) in [5, 5.41) is 2.15. The van der Waals surface area contributed by atoms with Crippen LogP contribution >= 0.6 is 0 Å². The molecule has 94 valence electrons. The van der Waals surface area contributed by atoms with Gasteiger partial charge in [0.25, 0.3) is 0 Å². The number of imide groups is 1. The average molecular weight is 248 g/mol. The fourth-order valence-electron chi connectivity index (χ4n) is 1.59. The summed E-state index contributed by atoms with van der Waals surface area (Å²) >= 11 is 0. The molecule has 1 unspecified atom stereocenters. The number of hydrogen-bond acceptors (Lipinski definition) is 4. The van der Waals surface area contributed by atoms with Gasteiger partial charge in [-0.05, 0) is 19.1 Å². The third-order valence-electron chi connectivity index (χ3n) is 2.61. The second-order valence-electron chi connectivity index (χ2n) is 3.90. The molecule has 0 aliphatic carbocycles. The van der Waals surface area contributed by atoms with Crippen molar-refractivity contribution in [3.05, 3.63) is 30.3 Å². The molecule has 18 heavy (non-hydrogen) atoms. The van der Waals surface area contributed by atoms with Crippen molar-refractivity contribution in [2.75, 3.05) is 6.54 Å². The number of piperazine rings is 1. The Morgan fingerprint density at radius 1 is 1.33 bits per heavy atom. The number of nitrogens with zero attached hydrogens (tertiary/aromatic N) is 1. The van der Waals surface area contributed by atoms with E-state index < -0.39 is 23.9 Å². The lowest BCUT2D eigenvalue weighted by Gasteiger charge is -2.30. The molecule has 1 N–H and O–H groups in total. The van der Waals surface area contributed by atoms with Crippen molar-refractivity contribution in [2.45, 2.75) is 13.0 Å². The van der Waals surface area contributed by atoms with Gasteiger partial charge in [-0.2, -0.15) is 0 Å². The van der Waals surface area contributed by atoms with Crippen molar-refractivity contribution in [3.63, 3.8) is 0 Å². The third-order valence-corrected chi connectivity index (χ3v) is 2.61. The lowest BCUT2D eigenvalue weighted by molar-refractivity contribution is -0.138. The van der Waals surface area contributed by atoms with E-state index >= 15 is 0 Å². The summed E-state index contributed by atoms with van der Waals surface area (Å²) in [6.07, 6.45) is -0.711. The number of benzene rings is 1. The minimum absolute atomic E-state index is 0.182. The number of carbonyl (C=O) groups excluding carboxylic acids is 3. The van der Waals surface area contributed by atoms with Gasteiger partial charge in [-0.25, -0.2) is 4.79 Å². The van der Waals surface area contributed by atoms with E-state index in [1.807, 2.05) is 0 Å². The van der Waals surface area contributed by atoms with Gasteiger partial charge < -0.3 is 4.74 Å². The fraction of sp³-hybridized carbons (Fsp3) is 0.250. The Hall–Kier alpha value is -2.37. The number of carbonyl (C=O) groups is 3. The summed E-state index contributed by atoms with van der Waals surface area (Å²) in [5.74, 6) is -0.646. The number of ether oxygens (including phenoxy) is 1. The van der Waals surface area contributed by atoms with Crippen LogP contribution in [0.1, 0.15) is 6.92 Å². The second-order valence-corrected chi connectivity index (χ2v) is 3.90. The molecule has 6 nitrogen and oxygen atoms in total. The molecule has 1 heterocycles. The fourth-order valence-corrected chi connectivity index (χ4v) is 1.59. The minimum atomic E-state index is -0.723. The third kappa shape index (κ3) is 2.48. The zero-order valence-corrected chi connectivity index (χ0v) is 9.75. The number of hydrogen-bond donors (Lipinski definition) is 1. The van der Waals surface area contributed by atoms with Crippen LogP contribution in [0.25, 0.3) is 0 Å². The summed E-state index contributed by atoms with van der Waals surface area (Å²) in [6.45, 7) is 1.35. The molecule has 1 saturated heterocycles. The lowest BCUT2D eigenvalue weighted by Crippen LogP contribution is -2.59. The molecule has 0 aromatic heterocycles. The monoisotopic (exact) mass is 248 g/mol. The number of amides is 3. The Bertz CT molecular complexity index is 486. The molecule has 6 heteroatoms. The molecule has 3 amide bonds. The predicted octanol–water partition coefficient (Wildman–Crippen LogP) is 0.532. The lowest BCUT2D eigenvalue weighted by atomic mass is 10.2. The van der Waals surface area contributed by atoms with Crippen molar-refractivity contribution < 1.29 is 19.1 Å². The van der Waals surface area contributed by atoms with Gasteiger partial charge in [0, 0.05) is 0 Å². The molecule has 0 spiro atoms. The van der Waals surface area contributed by atoms with Gasteiger partial charge in [0.2, 0.25) is 11.8 Å². The van der Waals surface area contributed by atoms with Crippen LogP contribution < -0.4 is 10.1 Å². The first-order valence-corrected chi connectivity index (χ1v) is 5.45. The summed E-state index contributed by atoms with van der Waals surface area (Å²) in [4.78, 5) is 35.5. The second kappa shape index (κ2) is 4.87. The maximum absolute atomic E-state index is 11.8. The van der Waals surface area contributed by atoms with Crippen LogP contribution in [0.15, 0.2) is 30.3 Å². The van der Waals surface area contributed by atoms with Crippen molar-refractivity contribution in [2.24, 2.45) is 0 Å². The SMILES string of the molecule is CC1C(=O)NC(=O)CN1C(=O)Oc1ccccc1. The molecule has 1 aromatic rings. The van der Waals surface area contributed by atoms with Crippen LogP contribution in [0.2, 0.25) is 0 Å². The van der Waals surface area contributed by atoms with E-state index in [-0.39, 0.29) is 6.54 Å². The molecule has 2 rings (SSSR count). The molecule has 1 aliphatic heterocycles. The van der Waals surface area contributed by atoms with Crippen molar-refractivity contribution in [1.29, 1.82) is 0 Å². The first-order valence-electron chi connectivity index (χ1n) is 5.45. The predicted molar refractivity (Wildman–Crippen MR) is 61.8 cm³/mol. The molecule has 0 saturated carbocycles. The highest BCUT2D eigenvalue weighted by molar-refractivity contribution is 6.03. The summed E-state index contributed by atoms with van der Waals surface area (Å²) in [6, 6.07) is 7.75. The standard InChI is InChI=1S/C12H12N2O4/c1-8-11(16)13-10(15)7-14(8)12(17)18-9-5-3-2-4-6-9/h2-6,8H,7H2,1H3,(H,13,15,16). The van der Waals surface area contributed by atoms with Crippen LogP contribution in [0.3, 0.4) is 0 Å². The Kier molecular flexibility index (Phi) is 3.27. The van der Waals surface area contributed by atoms with E-state index in [0.29, 0.717) is 5.75 Å². The van der Waals surface area contributed by atoms with Gasteiger partial charge >= 0.3 is 6.09 Å². The normalized spacial score (nSPS) is 19.4. The summed E-state index contributed by atoms with van der Waals surface area (Å²) in [7, 11) is 0. The molecule has 1 atom stereocenters. The topological polar surface area (TPSA) is 75.7 Å². The van der Waals surface area contributed by atoms with Crippen LogP contribution in [0.4, 0.5) is 4.79 Å². The molecular formula is C12H12N2O4. The van der Waals surface area contributed by atoms with E-state index in [2.05, 4.69) is 5.32 Å². The Morgan fingerprint density at radius 3 is 2.67 bits per heavy atom. The average Bonchev–Trinajstić information content (AvgIpc) is 2.35. The quantitative estimate of drug-likeness (QED) is 0.736. The molecule has 1 aromatic carbocycles. The van der Waals surface area contributed by atoms with Gasteiger partial charge in [-0.1, -0.05) is 18.2 Å². The van der Waals surface area contributed by atoms with Crippen molar-refractivity contribution in [3.8, 4) is 5.75 Å². The van der Waals surface area contributed by atoms with E-state index in [4.69, 9.17) is 4.74 Å². The first-order chi connectivity index (χ1) is 8.58. The van der Waals surface area contributed by atoms with Crippen LogP contribution in [-0.2, 0) is 9.59 Å². The van der Waals surface area contributed by atoms with Crippen molar-refractivity contribution in [1.82, 2.24) is 10.2 Å². The van der Waals surface area contributed by atoms with E-state index in [1.54, 1.807) is 30.3 Å². The Morgan fingerprint density at radius 2 is 2.00 bits per heavy atom. The van der Waals surface area contributed by atoms with E-state index in [9.17, 15) is 14.4 Å². The maximum atomic E-state index is 11.8. The maximum Gasteiger partial charge on any atom is 0.416 e. The molecular weight excluding hydrogens is 236 g/mol. The van der Waals surface area contributed by atoms with Crippen molar-refractivity contribution >= 4 is 17.9 Å². The van der Waals surface area contributed by atoms with Gasteiger partial charge in [-0.15, -0.1) is 0 Å². The number of rotatable bonds is 1. The zero-order valence-electron chi connectivity index (χ0n) is 9.75. The molecule has 1 aliphatic rings. The highest BCUT2D eigenvalue weighted by Crippen LogP contribution is 2.13. The number of para-hydroxylation sites is 1.